The molecular formula is C20H19N3O. The summed E-state index contributed by atoms with van der Waals surface area (Å²) >= 11 is 0. The summed E-state index contributed by atoms with van der Waals surface area (Å²) in [6.07, 6.45) is 3.85. The number of nitrogens with two attached hydrogens (primary N) is 1. The van der Waals surface area contributed by atoms with Gasteiger partial charge >= 0.3 is 0 Å². The maximum Gasteiger partial charge on any atom is 0.270 e. The SMILES string of the molecule is Nc1cccc2ccnc(C(=O)NCC3(c4ccccc4)CC3)c12. The van der Waals surface area contributed by atoms with Crippen LogP contribution in [0.3, 0.4) is 0 Å². The van der Waals surface area contributed by atoms with Gasteiger partial charge in [0.15, 0.2) is 0 Å². The lowest BCUT2D eigenvalue weighted by atomic mass is 9.96. The molecule has 0 saturated heterocycles. The van der Waals surface area contributed by atoms with Crippen LogP contribution in [-0.2, 0) is 5.41 Å². The van der Waals surface area contributed by atoms with Crippen molar-refractivity contribution in [3.8, 4) is 0 Å². The first-order chi connectivity index (χ1) is 11.7. The van der Waals surface area contributed by atoms with Crippen molar-refractivity contribution in [2.75, 3.05) is 12.3 Å². The van der Waals surface area contributed by atoms with E-state index >= 15 is 0 Å². The summed E-state index contributed by atoms with van der Waals surface area (Å²) in [6, 6.07) is 17.9. The average molecular weight is 317 g/mol. The molecule has 0 radical (unpaired) electrons. The Bertz CT molecular complexity index is 896. The molecule has 120 valence electrons. The molecule has 1 fully saturated rings. The smallest absolute Gasteiger partial charge is 0.270 e. The van der Waals surface area contributed by atoms with Crippen molar-refractivity contribution in [3.63, 3.8) is 0 Å². The molecule has 3 N–H and O–H groups in total. The molecule has 1 aromatic heterocycles. The molecule has 1 aliphatic rings. The Balaban J connectivity index is 1.58. The number of hydrogen-bond donors (Lipinski definition) is 2. The number of hydrogen-bond acceptors (Lipinski definition) is 3. The number of amides is 1. The van der Waals surface area contributed by atoms with Crippen molar-refractivity contribution < 1.29 is 4.79 Å². The van der Waals surface area contributed by atoms with Crippen molar-refractivity contribution in [3.05, 3.63) is 72.1 Å². The number of nitrogen functional groups attached to an aromatic ring is 1. The standard InChI is InChI=1S/C20H19N3O/c21-16-8-4-5-14-9-12-22-18(17(14)16)19(24)23-13-20(10-11-20)15-6-2-1-3-7-15/h1-9,12H,10-11,13,21H2,(H,23,24). The Morgan fingerprint density at radius 1 is 1.08 bits per heavy atom. The fraction of sp³-hybridized carbons (Fsp3) is 0.200. The number of fused-ring (bicyclic) bond motifs is 1. The summed E-state index contributed by atoms with van der Waals surface area (Å²) < 4.78 is 0. The number of carbonyl (C=O) groups excluding carboxylic acids is 1. The van der Waals surface area contributed by atoms with E-state index in [-0.39, 0.29) is 11.3 Å². The van der Waals surface area contributed by atoms with Crippen LogP contribution in [-0.4, -0.2) is 17.4 Å². The third-order valence-electron chi connectivity index (χ3n) is 4.87. The lowest BCUT2D eigenvalue weighted by molar-refractivity contribution is 0.0946. The van der Waals surface area contributed by atoms with E-state index in [9.17, 15) is 4.79 Å². The molecule has 0 bridgehead atoms. The van der Waals surface area contributed by atoms with Crippen LogP contribution in [0, 0.1) is 0 Å². The molecule has 4 heteroatoms. The molecule has 3 aromatic rings. The van der Waals surface area contributed by atoms with Crippen molar-refractivity contribution >= 4 is 22.4 Å². The predicted molar refractivity (Wildman–Crippen MR) is 95.8 cm³/mol. The third kappa shape index (κ3) is 2.50. The minimum absolute atomic E-state index is 0.0764. The number of nitrogens with one attached hydrogen (secondary N) is 1. The van der Waals surface area contributed by atoms with Gasteiger partial charge in [-0.1, -0.05) is 42.5 Å². The van der Waals surface area contributed by atoms with E-state index in [1.165, 1.54) is 5.56 Å². The number of rotatable bonds is 4. The van der Waals surface area contributed by atoms with Gasteiger partial charge in [-0.15, -0.1) is 0 Å². The molecule has 1 amide bonds. The summed E-state index contributed by atoms with van der Waals surface area (Å²) in [5.41, 5.74) is 8.40. The second-order valence-electron chi connectivity index (χ2n) is 6.43. The first-order valence-electron chi connectivity index (χ1n) is 8.17. The fourth-order valence-corrected chi connectivity index (χ4v) is 3.27. The van der Waals surface area contributed by atoms with Crippen LogP contribution in [0.25, 0.3) is 10.8 Å². The van der Waals surface area contributed by atoms with Crippen LogP contribution in [0.4, 0.5) is 5.69 Å². The van der Waals surface area contributed by atoms with E-state index in [1.54, 1.807) is 12.3 Å². The van der Waals surface area contributed by atoms with Crippen LogP contribution in [0.5, 0.6) is 0 Å². The van der Waals surface area contributed by atoms with Crippen molar-refractivity contribution in [1.82, 2.24) is 10.3 Å². The third-order valence-corrected chi connectivity index (χ3v) is 4.87. The van der Waals surface area contributed by atoms with Gasteiger partial charge in [0.1, 0.15) is 5.69 Å². The van der Waals surface area contributed by atoms with E-state index in [2.05, 4.69) is 22.4 Å². The van der Waals surface area contributed by atoms with Crippen LogP contribution >= 0.6 is 0 Å². The van der Waals surface area contributed by atoms with Gasteiger partial charge in [0.2, 0.25) is 0 Å². The number of anilines is 1. The van der Waals surface area contributed by atoms with Gasteiger partial charge in [-0.2, -0.15) is 0 Å². The lowest BCUT2D eigenvalue weighted by Crippen LogP contribution is -2.32. The Hall–Kier alpha value is -2.88. The Labute approximate surface area is 140 Å². The normalized spacial score (nSPS) is 15.2. The quantitative estimate of drug-likeness (QED) is 0.726. The molecular weight excluding hydrogens is 298 g/mol. The van der Waals surface area contributed by atoms with E-state index in [1.807, 2.05) is 36.4 Å². The molecule has 0 atom stereocenters. The van der Waals surface area contributed by atoms with Gasteiger partial charge in [-0.05, 0) is 35.9 Å². The van der Waals surface area contributed by atoms with Crippen molar-refractivity contribution in [2.45, 2.75) is 18.3 Å². The van der Waals surface area contributed by atoms with Gasteiger partial charge in [0.25, 0.3) is 5.91 Å². The van der Waals surface area contributed by atoms with Crippen LogP contribution in [0.2, 0.25) is 0 Å². The summed E-state index contributed by atoms with van der Waals surface area (Å²) in [5, 5.41) is 4.72. The topological polar surface area (TPSA) is 68.0 Å². The highest BCUT2D eigenvalue weighted by Crippen LogP contribution is 2.47. The van der Waals surface area contributed by atoms with Gasteiger partial charge in [-0.3, -0.25) is 9.78 Å². The zero-order chi connectivity index (χ0) is 16.6. The predicted octanol–water partition coefficient (Wildman–Crippen LogP) is 3.28. The highest BCUT2D eigenvalue weighted by Gasteiger charge is 2.44. The fourth-order valence-electron chi connectivity index (χ4n) is 3.27. The Morgan fingerprint density at radius 2 is 1.88 bits per heavy atom. The summed E-state index contributed by atoms with van der Waals surface area (Å²) in [7, 11) is 0. The largest absolute Gasteiger partial charge is 0.398 e. The average Bonchev–Trinajstić information content (AvgIpc) is 3.41. The molecule has 24 heavy (non-hydrogen) atoms. The summed E-state index contributed by atoms with van der Waals surface area (Å²) in [5.74, 6) is -0.166. The highest BCUT2D eigenvalue weighted by atomic mass is 16.1. The minimum Gasteiger partial charge on any atom is -0.398 e. The lowest BCUT2D eigenvalue weighted by Gasteiger charge is -2.17. The number of pyridine rings is 1. The zero-order valence-corrected chi connectivity index (χ0v) is 13.3. The van der Waals surface area contributed by atoms with Gasteiger partial charge in [0, 0.05) is 29.2 Å². The second-order valence-corrected chi connectivity index (χ2v) is 6.43. The van der Waals surface area contributed by atoms with Gasteiger partial charge < -0.3 is 11.1 Å². The van der Waals surface area contributed by atoms with Crippen LogP contribution in [0.15, 0.2) is 60.8 Å². The summed E-state index contributed by atoms with van der Waals surface area (Å²) in [6.45, 7) is 0.626. The number of carbonyl (C=O) groups is 1. The Morgan fingerprint density at radius 3 is 2.62 bits per heavy atom. The summed E-state index contributed by atoms with van der Waals surface area (Å²) in [4.78, 5) is 17.0. The maximum absolute atomic E-state index is 12.7. The molecule has 4 rings (SSSR count). The van der Waals surface area contributed by atoms with Gasteiger partial charge in [-0.25, -0.2) is 0 Å². The molecule has 1 aliphatic carbocycles. The number of benzene rings is 2. The molecule has 0 aliphatic heterocycles. The van der Waals surface area contributed by atoms with Crippen LogP contribution in [0.1, 0.15) is 28.9 Å². The molecule has 4 nitrogen and oxygen atoms in total. The van der Waals surface area contributed by atoms with Crippen LogP contribution < -0.4 is 11.1 Å². The van der Waals surface area contributed by atoms with Crippen molar-refractivity contribution in [1.29, 1.82) is 0 Å². The molecule has 0 spiro atoms. The van der Waals surface area contributed by atoms with Crippen molar-refractivity contribution in [2.24, 2.45) is 0 Å². The molecule has 2 aromatic carbocycles. The monoisotopic (exact) mass is 317 g/mol. The minimum atomic E-state index is -0.166. The van der Waals surface area contributed by atoms with E-state index < -0.39 is 0 Å². The zero-order valence-electron chi connectivity index (χ0n) is 13.3. The molecule has 1 heterocycles. The second kappa shape index (κ2) is 5.64. The number of nitrogens with zero attached hydrogens (tertiary/aromatic N) is 1. The highest BCUT2D eigenvalue weighted by molar-refractivity contribution is 6.09. The Kier molecular flexibility index (Phi) is 3.45. The van der Waals surface area contributed by atoms with Gasteiger partial charge in [0.05, 0.1) is 0 Å². The van der Waals surface area contributed by atoms with E-state index in [0.717, 1.165) is 23.6 Å². The first-order valence-corrected chi connectivity index (χ1v) is 8.17. The maximum atomic E-state index is 12.7. The van der Waals surface area contributed by atoms with E-state index in [4.69, 9.17) is 5.73 Å². The van der Waals surface area contributed by atoms with E-state index in [0.29, 0.717) is 17.9 Å². The first kappa shape index (κ1) is 14.7. The molecule has 0 unspecified atom stereocenters. The number of aromatic nitrogens is 1. The molecule has 1 saturated carbocycles.